The lowest BCUT2D eigenvalue weighted by Crippen LogP contribution is -2.31. The first-order valence-electron chi connectivity index (χ1n) is 7.44. The molecule has 4 nitrogen and oxygen atoms in total. The summed E-state index contributed by atoms with van der Waals surface area (Å²) < 4.78 is 0. The number of carbonyl (C=O) groups is 1. The van der Waals surface area contributed by atoms with Crippen LogP contribution in [0.1, 0.15) is 51.7 Å². The Morgan fingerprint density at radius 1 is 1.35 bits per heavy atom. The lowest BCUT2D eigenvalue weighted by molar-refractivity contribution is -0.123. The first kappa shape index (κ1) is 14.9. The number of hydrogen-bond acceptors (Lipinski definition) is 3. The van der Waals surface area contributed by atoms with Crippen LogP contribution in [0.4, 0.5) is 11.4 Å². The van der Waals surface area contributed by atoms with Crippen molar-refractivity contribution in [2.75, 3.05) is 16.8 Å². The fraction of sp³-hybridized carbons (Fsp3) is 0.562. The molecule has 110 valence electrons. The number of amides is 1. The van der Waals surface area contributed by atoms with E-state index in [9.17, 15) is 9.90 Å². The van der Waals surface area contributed by atoms with E-state index in [1.165, 1.54) is 19.3 Å². The maximum Gasteiger partial charge on any atom is 0.257 e. The Balaban J connectivity index is 2.18. The Morgan fingerprint density at radius 3 is 2.75 bits per heavy atom. The summed E-state index contributed by atoms with van der Waals surface area (Å²) in [6, 6.07) is 6.22. The van der Waals surface area contributed by atoms with Crippen LogP contribution >= 0.6 is 0 Å². The first-order chi connectivity index (χ1) is 9.54. The Morgan fingerprint density at radius 2 is 2.10 bits per heavy atom. The van der Waals surface area contributed by atoms with Crippen LogP contribution in [-0.4, -0.2) is 23.6 Å². The quantitative estimate of drug-likeness (QED) is 0.785. The second-order valence-electron chi connectivity index (χ2n) is 5.66. The molecule has 0 saturated heterocycles. The smallest absolute Gasteiger partial charge is 0.257 e. The van der Waals surface area contributed by atoms with E-state index in [2.05, 4.69) is 31.0 Å². The predicted molar refractivity (Wildman–Crippen MR) is 82.0 cm³/mol. The number of carbonyl (C=O) groups excluding carboxylic acids is 1. The van der Waals surface area contributed by atoms with Crippen molar-refractivity contribution in [1.29, 1.82) is 0 Å². The highest BCUT2D eigenvalue weighted by Crippen LogP contribution is 2.34. The highest BCUT2D eigenvalue weighted by Gasteiger charge is 2.28. The van der Waals surface area contributed by atoms with Gasteiger partial charge < -0.3 is 15.3 Å². The van der Waals surface area contributed by atoms with Crippen molar-refractivity contribution in [3.8, 4) is 0 Å². The number of aliphatic hydroxyl groups is 1. The van der Waals surface area contributed by atoms with Crippen LogP contribution in [0.3, 0.4) is 0 Å². The summed E-state index contributed by atoms with van der Waals surface area (Å²) in [7, 11) is 0. The summed E-state index contributed by atoms with van der Waals surface area (Å²) in [6.45, 7) is 7.56. The molecule has 1 aliphatic rings. The zero-order chi connectivity index (χ0) is 14.7. The van der Waals surface area contributed by atoms with E-state index in [4.69, 9.17) is 0 Å². The minimum atomic E-state index is -1.02. The molecule has 0 saturated carbocycles. The monoisotopic (exact) mass is 276 g/mol. The Bertz CT molecular complexity index is 485. The van der Waals surface area contributed by atoms with Gasteiger partial charge in [0.25, 0.3) is 5.91 Å². The summed E-state index contributed by atoms with van der Waals surface area (Å²) in [5.41, 5.74) is 2.52. The van der Waals surface area contributed by atoms with Gasteiger partial charge in [0, 0.05) is 29.5 Å². The molecule has 20 heavy (non-hydrogen) atoms. The van der Waals surface area contributed by atoms with Gasteiger partial charge in [-0.05, 0) is 32.4 Å². The van der Waals surface area contributed by atoms with E-state index in [0.717, 1.165) is 17.9 Å². The van der Waals surface area contributed by atoms with Crippen molar-refractivity contribution in [3.63, 3.8) is 0 Å². The number of nitrogens with zero attached hydrogens (tertiary/aromatic N) is 1. The van der Waals surface area contributed by atoms with Gasteiger partial charge in [0.15, 0.2) is 6.10 Å². The molecule has 4 heteroatoms. The Kier molecular flexibility index (Phi) is 4.65. The molecular weight excluding hydrogens is 252 g/mol. The molecule has 0 fully saturated rings. The van der Waals surface area contributed by atoms with E-state index in [-0.39, 0.29) is 5.91 Å². The second-order valence-corrected chi connectivity index (χ2v) is 5.66. The number of anilines is 2. The highest BCUT2D eigenvalue weighted by atomic mass is 16.3. The van der Waals surface area contributed by atoms with E-state index in [0.29, 0.717) is 11.6 Å². The van der Waals surface area contributed by atoms with Crippen molar-refractivity contribution < 1.29 is 9.90 Å². The Labute approximate surface area is 120 Å². The zero-order valence-corrected chi connectivity index (χ0v) is 12.5. The van der Waals surface area contributed by atoms with Crippen LogP contribution in [0.2, 0.25) is 0 Å². The maximum absolute atomic E-state index is 11.5. The summed E-state index contributed by atoms with van der Waals surface area (Å²) >= 11 is 0. The Hall–Kier alpha value is -1.55. The standard InChI is InChI=1S/C16H24N2O2/c1-4-5-6-9-18(11(2)3)12-7-8-13-14(10-12)17-16(20)15(13)19/h7-8,10-11,15,19H,4-6,9H2,1-3H3,(H,17,20). The average molecular weight is 276 g/mol. The summed E-state index contributed by atoms with van der Waals surface area (Å²) in [6.07, 6.45) is 2.58. The molecule has 0 bridgehead atoms. The first-order valence-corrected chi connectivity index (χ1v) is 7.44. The number of rotatable bonds is 6. The minimum absolute atomic E-state index is 0.334. The molecule has 0 aromatic heterocycles. The van der Waals surface area contributed by atoms with Crippen LogP contribution in [-0.2, 0) is 4.79 Å². The van der Waals surface area contributed by atoms with Crippen molar-refractivity contribution in [2.24, 2.45) is 0 Å². The average Bonchev–Trinajstić information content (AvgIpc) is 2.69. The minimum Gasteiger partial charge on any atom is -0.378 e. The van der Waals surface area contributed by atoms with Gasteiger partial charge in [-0.25, -0.2) is 0 Å². The normalized spacial score (nSPS) is 17.2. The van der Waals surface area contributed by atoms with Crippen LogP contribution in [0.25, 0.3) is 0 Å². The van der Waals surface area contributed by atoms with Gasteiger partial charge in [-0.1, -0.05) is 25.8 Å². The van der Waals surface area contributed by atoms with Crippen molar-refractivity contribution in [3.05, 3.63) is 23.8 Å². The third kappa shape index (κ3) is 2.96. The number of benzene rings is 1. The maximum atomic E-state index is 11.5. The molecule has 0 spiro atoms. The van der Waals surface area contributed by atoms with Crippen molar-refractivity contribution in [2.45, 2.75) is 52.2 Å². The molecule has 0 aliphatic carbocycles. The molecule has 1 aliphatic heterocycles. The van der Waals surface area contributed by atoms with Gasteiger partial charge in [0.05, 0.1) is 0 Å². The SMILES string of the molecule is CCCCCN(c1ccc2c(c1)NC(=O)C2O)C(C)C. The highest BCUT2D eigenvalue weighted by molar-refractivity contribution is 6.02. The van der Waals surface area contributed by atoms with Crippen molar-refractivity contribution in [1.82, 2.24) is 0 Å². The van der Waals surface area contributed by atoms with Crippen LogP contribution < -0.4 is 10.2 Å². The lowest BCUT2D eigenvalue weighted by Gasteiger charge is -2.29. The van der Waals surface area contributed by atoms with Gasteiger partial charge in [0.2, 0.25) is 0 Å². The van der Waals surface area contributed by atoms with Crippen LogP contribution in [0, 0.1) is 0 Å². The van der Waals surface area contributed by atoms with E-state index < -0.39 is 6.10 Å². The van der Waals surface area contributed by atoms with Gasteiger partial charge >= 0.3 is 0 Å². The molecular formula is C16H24N2O2. The van der Waals surface area contributed by atoms with Crippen molar-refractivity contribution >= 4 is 17.3 Å². The molecule has 1 unspecified atom stereocenters. The number of unbranched alkanes of at least 4 members (excludes halogenated alkanes) is 2. The second kappa shape index (κ2) is 6.27. The third-order valence-electron chi connectivity index (χ3n) is 3.80. The summed E-state index contributed by atoms with van der Waals surface area (Å²) in [5.74, 6) is -0.334. The molecule has 1 aromatic rings. The number of fused-ring (bicyclic) bond motifs is 1. The summed E-state index contributed by atoms with van der Waals surface area (Å²) in [5, 5.41) is 12.5. The van der Waals surface area contributed by atoms with Gasteiger partial charge in [0.1, 0.15) is 0 Å². The largest absolute Gasteiger partial charge is 0.378 e. The number of aliphatic hydroxyl groups excluding tert-OH is 1. The lowest BCUT2D eigenvalue weighted by atomic mass is 10.1. The fourth-order valence-corrected chi connectivity index (χ4v) is 2.63. The third-order valence-corrected chi connectivity index (χ3v) is 3.80. The molecule has 1 amide bonds. The van der Waals surface area contributed by atoms with E-state index in [1.807, 2.05) is 18.2 Å². The molecule has 0 radical (unpaired) electrons. The van der Waals surface area contributed by atoms with Gasteiger partial charge in [-0.3, -0.25) is 4.79 Å². The molecule has 1 heterocycles. The zero-order valence-electron chi connectivity index (χ0n) is 12.5. The molecule has 1 aromatic carbocycles. The number of nitrogens with one attached hydrogen (secondary N) is 1. The predicted octanol–water partition coefficient (Wildman–Crippen LogP) is 3.08. The number of hydrogen-bond donors (Lipinski definition) is 2. The van der Waals surface area contributed by atoms with Gasteiger partial charge in [-0.2, -0.15) is 0 Å². The topological polar surface area (TPSA) is 52.6 Å². The fourth-order valence-electron chi connectivity index (χ4n) is 2.63. The summed E-state index contributed by atoms with van der Waals surface area (Å²) in [4.78, 5) is 13.8. The van der Waals surface area contributed by atoms with Crippen LogP contribution in [0.15, 0.2) is 18.2 Å². The molecule has 2 rings (SSSR count). The molecule has 1 atom stereocenters. The van der Waals surface area contributed by atoms with Crippen LogP contribution in [0.5, 0.6) is 0 Å². The van der Waals surface area contributed by atoms with Gasteiger partial charge in [-0.15, -0.1) is 0 Å². The van der Waals surface area contributed by atoms with E-state index in [1.54, 1.807) is 0 Å². The van der Waals surface area contributed by atoms with E-state index >= 15 is 0 Å². The molecule has 2 N–H and O–H groups in total.